The van der Waals surface area contributed by atoms with Gasteiger partial charge in [0, 0.05) is 6.42 Å². The predicted octanol–water partition coefficient (Wildman–Crippen LogP) is 3.48. The van der Waals surface area contributed by atoms with Crippen LogP contribution in [-0.4, -0.2) is 17.9 Å². The second-order valence-corrected chi connectivity index (χ2v) is 7.03. The first-order chi connectivity index (χ1) is 11.2. The first kappa shape index (κ1) is 20.0. The minimum Gasteiger partial charge on any atom is -0.481 e. The summed E-state index contributed by atoms with van der Waals surface area (Å²) in [7, 11) is 0. The molecule has 0 aromatic heterocycles. The van der Waals surface area contributed by atoms with Gasteiger partial charge in [-0.25, -0.2) is 0 Å². The van der Waals surface area contributed by atoms with Gasteiger partial charge in [-0.3, -0.25) is 20.4 Å². The van der Waals surface area contributed by atoms with Crippen LogP contribution in [0, 0.1) is 0 Å². The highest BCUT2D eigenvalue weighted by Gasteiger charge is 2.17. The van der Waals surface area contributed by atoms with Crippen LogP contribution < -0.4 is 15.6 Å². The fourth-order valence-corrected chi connectivity index (χ4v) is 2.12. The molecule has 2 N–H and O–H groups in total. The molecule has 0 fully saturated rings. The van der Waals surface area contributed by atoms with E-state index in [0.29, 0.717) is 12.2 Å². The number of ether oxygens (including phenoxy) is 1. The zero-order valence-electron chi connectivity index (χ0n) is 15.4. The number of hydrogen-bond donors (Lipinski definition) is 2. The lowest BCUT2D eigenvalue weighted by molar-refractivity contribution is -0.132. The van der Waals surface area contributed by atoms with Crippen molar-refractivity contribution in [2.24, 2.45) is 0 Å². The maximum atomic E-state index is 12.0. The van der Waals surface area contributed by atoms with Crippen molar-refractivity contribution in [1.82, 2.24) is 10.9 Å². The second-order valence-electron chi connectivity index (χ2n) is 7.03. The Labute approximate surface area is 145 Å². The molecule has 1 unspecified atom stereocenters. The second kappa shape index (κ2) is 9.30. The standard InChI is InChI=1S/C19H30N2O3/c1-6-7-8-9-17(22)20-21-18(23)14(2)24-16-12-10-15(11-13-16)19(3,4)5/h10-14H,6-9H2,1-5H3,(H,20,22)(H,21,23). The molecule has 0 heterocycles. The molecular weight excluding hydrogens is 304 g/mol. The van der Waals surface area contributed by atoms with Gasteiger partial charge >= 0.3 is 0 Å². The van der Waals surface area contributed by atoms with Crippen molar-refractivity contribution in [3.05, 3.63) is 29.8 Å². The van der Waals surface area contributed by atoms with E-state index in [1.54, 1.807) is 6.92 Å². The highest BCUT2D eigenvalue weighted by Crippen LogP contribution is 2.24. The highest BCUT2D eigenvalue weighted by molar-refractivity contribution is 5.84. The first-order valence-corrected chi connectivity index (χ1v) is 8.60. The van der Waals surface area contributed by atoms with E-state index in [-0.39, 0.29) is 17.2 Å². The Bertz CT molecular complexity index is 533. The Kier molecular flexibility index (Phi) is 7.75. The molecule has 134 valence electrons. The zero-order chi connectivity index (χ0) is 18.2. The monoisotopic (exact) mass is 334 g/mol. The van der Waals surface area contributed by atoms with Gasteiger partial charge in [0.05, 0.1) is 0 Å². The number of hydrogen-bond acceptors (Lipinski definition) is 3. The summed E-state index contributed by atoms with van der Waals surface area (Å²) >= 11 is 0. The Hall–Kier alpha value is -2.04. The van der Waals surface area contributed by atoms with E-state index < -0.39 is 6.10 Å². The number of amides is 2. The molecule has 0 bridgehead atoms. The fraction of sp³-hybridized carbons (Fsp3) is 0.579. The van der Waals surface area contributed by atoms with Crippen LogP contribution in [0.4, 0.5) is 0 Å². The van der Waals surface area contributed by atoms with E-state index >= 15 is 0 Å². The smallest absolute Gasteiger partial charge is 0.279 e. The van der Waals surface area contributed by atoms with Crippen LogP contribution in [0.15, 0.2) is 24.3 Å². The maximum absolute atomic E-state index is 12.0. The molecule has 0 radical (unpaired) electrons. The predicted molar refractivity (Wildman–Crippen MR) is 95.7 cm³/mol. The van der Waals surface area contributed by atoms with E-state index in [9.17, 15) is 9.59 Å². The molecule has 0 saturated carbocycles. The fourth-order valence-electron chi connectivity index (χ4n) is 2.12. The minimum atomic E-state index is -0.693. The van der Waals surface area contributed by atoms with E-state index in [1.807, 2.05) is 24.3 Å². The Morgan fingerprint density at radius 1 is 1.08 bits per heavy atom. The number of nitrogens with one attached hydrogen (secondary N) is 2. The van der Waals surface area contributed by atoms with Crippen LogP contribution >= 0.6 is 0 Å². The molecule has 5 heteroatoms. The Morgan fingerprint density at radius 2 is 1.71 bits per heavy atom. The average Bonchev–Trinajstić information content (AvgIpc) is 2.52. The number of rotatable bonds is 7. The third-order valence-electron chi connectivity index (χ3n) is 3.73. The van der Waals surface area contributed by atoms with E-state index in [4.69, 9.17) is 4.74 Å². The van der Waals surface area contributed by atoms with Crippen LogP contribution in [0.3, 0.4) is 0 Å². The number of benzene rings is 1. The van der Waals surface area contributed by atoms with Crippen molar-refractivity contribution in [2.45, 2.75) is 71.8 Å². The van der Waals surface area contributed by atoms with E-state index in [1.165, 1.54) is 5.56 Å². The molecular formula is C19H30N2O3. The van der Waals surface area contributed by atoms with Gasteiger partial charge in [-0.05, 0) is 36.5 Å². The Morgan fingerprint density at radius 3 is 2.25 bits per heavy atom. The van der Waals surface area contributed by atoms with Crippen molar-refractivity contribution in [3.8, 4) is 5.75 Å². The Balaban J connectivity index is 2.42. The van der Waals surface area contributed by atoms with Gasteiger partial charge in [-0.2, -0.15) is 0 Å². The largest absolute Gasteiger partial charge is 0.481 e. The molecule has 0 aliphatic carbocycles. The van der Waals surface area contributed by atoms with Gasteiger partial charge in [0.15, 0.2) is 6.10 Å². The summed E-state index contributed by atoms with van der Waals surface area (Å²) in [6.45, 7) is 10.1. The van der Waals surface area contributed by atoms with Gasteiger partial charge in [-0.1, -0.05) is 52.7 Å². The molecule has 1 aromatic rings. The van der Waals surface area contributed by atoms with Crippen molar-refractivity contribution in [3.63, 3.8) is 0 Å². The SMILES string of the molecule is CCCCCC(=O)NNC(=O)C(C)Oc1ccc(C(C)(C)C)cc1. The van der Waals surface area contributed by atoms with Crippen molar-refractivity contribution in [2.75, 3.05) is 0 Å². The summed E-state index contributed by atoms with van der Waals surface area (Å²) in [5.41, 5.74) is 6.09. The van der Waals surface area contributed by atoms with Gasteiger partial charge < -0.3 is 4.74 Å². The molecule has 0 saturated heterocycles. The molecule has 2 amide bonds. The van der Waals surface area contributed by atoms with E-state index in [0.717, 1.165) is 19.3 Å². The zero-order valence-corrected chi connectivity index (χ0v) is 15.4. The molecule has 0 aliphatic heterocycles. The van der Waals surface area contributed by atoms with E-state index in [2.05, 4.69) is 38.5 Å². The van der Waals surface area contributed by atoms with Gasteiger partial charge in [-0.15, -0.1) is 0 Å². The van der Waals surface area contributed by atoms with Gasteiger partial charge in [0.2, 0.25) is 5.91 Å². The summed E-state index contributed by atoms with van der Waals surface area (Å²) < 4.78 is 5.61. The molecule has 5 nitrogen and oxygen atoms in total. The molecule has 1 atom stereocenters. The van der Waals surface area contributed by atoms with Crippen LogP contribution in [-0.2, 0) is 15.0 Å². The summed E-state index contributed by atoms with van der Waals surface area (Å²) in [5.74, 6) is 0.0668. The topological polar surface area (TPSA) is 67.4 Å². The first-order valence-electron chi connectivity index (χ1n) is 8.60. The van der Waals surface area contributed by atoms with Crippen molar-refractivity contribution < 1.29 is 14.3 Å². The number of carbonyl (C=O) groups is 2. The third-order valence-corrected chi connectivity index (χ3v) is 3.73. The molecule has 0 spiro atoms. The minimum absolute atomic E-state index is 0.0730. The lowest BCUT2D eigenvalue weighted by Crippen LogP contribution is -2.47. The molecule has 1 aromatic carbocycles. The lowest BCUT2D eigenvalue weighted by atomic mass is 9.87. The molecule has 24 heavy (non-hydrogen) atoms. The number of hydrazine groups is 1. The van der Waals surface area contributed by atoms with Crippen molar-refractivity contribution >= 4 is 11.8 Å². The summed E-state index contributed by atoms with van der Waals surface area (Å²) in [6.07, 6.45) is 2.60. The average molecular weight is 334 g/mol. The molecule has 1 rings (SSSR count). The lowest BCUT2D eigenvalue weighted by Gasteiger charge is -2.20. The van der Waals surface area contributed by atoms with Gasteiger partial charge in [0.1, 0.15) is 5.75 Å². The summed E-state index contributed by atoms with van der Waals surface area (Å²) in [4.78, 5) is 23.5. The summed E-state index contributed by atoms with van der Waals surface area (Å²) in [6, 6.07) is 7.70. The number of carbonyl (C=O) groups excluding carboxylic acids is 2. The number of unbranched alkanes of at least 4 members (excludes halogenated alkanes) is 2. The van der Waals surface area contributed by atoms with Crippen LogP contribution in [0.2, 0.25) is 0 Å². The van der Waals surface area contributed by atoms with Crippen LogP contribution in [0.1, 0.15) is 65.9 Å². The quantitative estimate of drug-likeness (QED) is 0.592. The molecule has 0 aliphatic rings. The summed E-state index contributed by atoms with van der Waals surface area (Å²) in [5, 5.41) is 0. The third kappa shape index (κ3) is 7.02. The van der Waals surface area contributed by atoms with Crippen molar-refractivity contribution in [1.29, 1.82) is 0 Å². The van der Waals surface area contributed by atoms with Crippen LogP contribution in [0.5, 0.6) is 5.75 Å². The van der Waals surface area contributed by atoms with Gasteiger partial charge in [0.25, 0.3) is 5.91 Å². The van der Waals surface area contributed by atoms with Crippen LogP contribution in [0.25, 0.3) is 0 Å². The highest BCUT2D eigenvalue weighted by atomic mass is 16.5. The maximum Gasteiger partial charge on any atom is 0.279 e. The normalized spacial score (nSPS) is 12.4.